The van der Waals surface area contributed by atoms with E-state index in [-0.39, 0.29) is 12.2 Å². The van der Waals surface area contributed by atoms with Crippen LogP contribution in [-0.4, -0.2) is 35.4 Å². The van der Waals surface area contributed by atoms with E-state index >= 15 is 0 Å². The summed E-state index contributed by atoms with van der Waals surface area (Å²) in [5, 5.41) is 9.82. The molecule has 0 radical (unpaired) electrons. The van der Waals surface area contributed by atoms with Crippen molar-refractivity contribution in [2.75, 3.05) is 7.11 Å². The summed E-state index contributed by atoms with van der Waals surface area (Å²) >= 11 is 0. The Balaban J connectivity index is 3.01. The fourth-order valence-electron chi connectivity index (χ4n) is 1.62. The molecule has 0 heterocycles. The van der Waals surface area contributed by atoms with Gasteiger partial charge in [-0.1, -0.05) is 6.92 Å². The Morgan fingerprint density at radius 1 is 1.57 bits per heavy atom. The quantitative estimate of drug-likeness (QED) is 0.454. The Labute approximate surface area is 81.0 Å². The highest BCUT2D eigenvalue weighted by molar-refractivity contribution is 6.16. The van der Waals surface area contributed by atoms with Gasteiger partial charge in [-0.05, 0) is 0 Å². The molecule has 1 aliphatic rings. The van der Waals surface area contributed by atoms with E-state index in [1.165, 1.54) is 6.92 Å². The number of methoxy groups -OCH3 is 1. The van der Waals surface area contributed by atoms with Crippen LogP contribution in [0.4, 0.5) is 0 Å². The molecular formula is C9H12O5. The molecule has 14 heavy (non-hydrogen) atoms. The van der Waals surface area contributed by atoms with Crippen molar-refractivity contribution in [1.82, 2.24) is 0 Å². The number of rotatable bonds is 1. The topological polar surface area (TPSA) is 80.7 Å². The van der Waals surface area contributed by atoms with E-state index in [0.717, 1.165) is 7.11 Å². The van der Waals surface area contributed by atoms with Crippen molar-refractivity contribution in [3.8, 4) is 0 Å². The molecule has 78 valence electrons. The normalized spacial score (nSPS) is 32.9. The van der Waals surface area contributed by atoms with Gasteiger partial charge in [0.25, 0.3) is 0 Å². The van der Waals surface area contributed by atoms with E-state index in [1.807, 2.05) is 0 Å². The summed E-state index contributed by atoms with van der Waals surface area (Å²) in [6.07, 6.45) is -0.368. The summed E-state index contributed by atoms with van der Waals surface area (Å²) in [5.41, 5.74) is -2.14. The van der Waals surface area contributed by atoms with Gasteiger partial charge < -0.3 is 9.84 Å². The highest BCUT2D eigenvalue weighted by atomic mass is 16.5. The first-order chi connectivity index (χ1) is 6.42. The molecule has 0 bridgehead atoms. The lowest BCUT2D eigenvalue weighted by Gasteiger charge is -2.32. The molecule has 1 rings (SSSR count). The largest absolute Gasteiger partial charge is 0.467 e. The van der Waals surface area contributed by atoms with E-state index < -0.39 is 29.7 Å². The number of carbonyl (C=O) groups is 3. The fraction of sp³-hybridized carbons (Fsp3) is 0.667. The molecular weight excluding hydrogens is 188 g/mol. The van der Waals surface area contributed by atoms with Crippen LogP contribution in [0.1, 0.15) is 19.8 Å². The summed E-state index contributed by atoms with van der Waals surface area (Å²) in [6.45, 7) is 1.48. The molecule has 0 amide bonds. The number of hydrogen-bond acceptors (Lipinski definition) is 5. The highest BCUT2D eigenvalue weighted by Crippen LogP contribution is 2.30. The molecule has 1 aliphatic carbocycles. The lowest BCUT2D eigenvalue weighted by atomic mass is 9.75. The Hall–Kier alpha value is -1.23. The molecule has 0 aliphatic heterocycles. The second kappa shape index (κ2) is 3.49. The van der Waals surface area contributed by atoms with Crippen molar-refractivity contribution in [1.29, 1.82) is 0 Å². The fourth-order valence-corrected chi connectivity index (χ4v) is 1.62. The van der Waals surface area contributed by atoms with E-state index in [9.17, 15) is 19.5 Å². The number of hydrogen-bond donors (Lipinski definition) is 1. The van der Waals surface area contributed by atoms with Crippen LogP contribution < -0.4 is 0 Å². The second-order valence-corrected chi connectivity index (χ2v) is 3.50. The monoisotopic (exact) mass is 200 g/mol. The van der Waals surface area contributed by atoms with Gasteiger partial charge in [-0.3, -0.25) is 9.59 Å². The zero-order valence-electron chi connectivity index (χ0n) is 8.07. The first-order valence-corrected chi connectivity index (χ1v) is 4.28. The van der Waals surface area contributed by atoms with E-state index in [1.54, 1.807) is 0 Å². The van der Waals surface area contributed by atoms with Crippen LogP contribution in [0, 0.1) is 5.92 Å². The SMILES string of the molecule is COC(=O)C1(O)C(=O)CC(=O)CC1C. The molecule has 2 atom stereocenters. The lowest BCUT2D eigenvalue weighted by molar-refractivity contribution is -0.177. The molecule has 0 spiro atoms. The number of aliphatic hydroxyl groups is 1. The molecule has 1 N–H and O–H groups in total. The van der Waals surface area contributed by atoms with Gasteiger partial charge in [0.1, 0.15) is 5.78 Å². The standard InChI is InChI=1S/C9H12O5/c1-5-3-6(10)4-7(11)9(5,13)8(12)14-2/h5,13H,3-4H2,1-2H3. The molecule has 1 fully saturated rings. The number of carbonyl (C=O) groups excluding carboxylic acids is 3. The zero-order chi connectivity index (χ0) is 10.9. The Kier molecular flexibility index (Phi) is 2.71. The highest BCUT2D eigenvalue weighted by Gasteiger charge is 2.53. The van der Waals surface area contributed by atoms with Crippen molar-refractivity contribution < 1.29 is 24.2 Å². The minimum absolute atomic E-state index is 0.0251. The minimum atomic E-state index is -2.14. The van der Waals surface area contributed by atoms with Gasteiger partial charge in [0.05, 0.1) is 13.5 Å². The van der Waals surface area contributed by atoms with Gasteiger partial charge in [-0.2, -0.15) is 0 Å². The average Bonchev–Trinajstić information content (AvgIpc) is 2.12. The van der Waals surface area contributed by atoms with Crippen molar-refractivity contribution in [3.05, 3.63) is 0 Å². The third-order valence-electron chi connectivity index (χ3n) is 2.53. The summed E-state index contributed by atoms with van der Waals surface area (Å²) in [4.78, 5) is 33.6. The van der Waals surface area contributed by atoms with Gasteiger partial charge in [-0.15, -0.1) is 0 Å². The molecule has 5 heteroatoms. The third-order valence-corrected chi connectivity index (χ3v) is 2.53. The second-order valence-electron chi connectivity index (χ2n) is 3.50. The predicted molar refractivity (Wildman–Crippen MR) is 45.4 cm³/mol. The zero-order valence-corrected chi connectivity index (χ0v) is 8.07. The van der Waals surface area contributed by atoms with Crippen LogP contribution >= 0.6 is 0 Å². The van der Waals surface area contributed by atoms with E-state index in [4.69, 9.17) is 0 Å². The van der Waals surface area contributed by atoms with E-state index in [0.29, 0.717) is 0 Å². The van der Waals surface area contributed by atoms with Crippen molar-refractivity contribution in [2.45, 2.75) is 25.4 Å². The molecule has 0 saturated heterocycles. The van der Waals surface area contributed by atoms with Crippen molar-refractivity contribution in [3.63, 3.8) is 0 Å². The first kappa shape index (κ1) is 10.8. The van der Waals surface area contributed by atoms with Crippen LogP contribution in [0.25, 0.3) is 0 Å². The number of ether oxygens (including phenoxy) is 1. The summed E-state index contributed by atoms with van der Waals surface area (Å²) < 4.78 is 4.35. The van der Waals surface area contributed by atoms with Gasteiger partial charge in [0.15, 0.2) is 5.78 Å². The van der Waals surface area contributed by atoms with E-state index in [2.05, 4.69) is 4.74 Å². The molecule has 5 nitrogen and oxygen atoms in total. The number of esters is 1. The van der Waals surface area contributed by atoms with Crippen LogP contribution in [0.5, 0.6) is 0 Å². The van der Waals surface area contributed by atoms with Crippen LogP contribution in [0.3, 0.4) is 0 Å². The maximum absolute atomic E-state index is 11.4. The van der Waals surface area contributed by atoms with Crippen LogP contribution in [0.2, 0.25) is 0 Å². The van der Waals surface area contributed by atoms with Crippen LogP contribution in [-0.2, 0) is 19.1 Å². The number of Topliss-reactive ketones (excluding diaryl/α,β-unsaturated/α-hetero) is 2. The van der Waals surface area contributed by atoms with Gasteiger partial charge in [0, 0.05) is 12.3 Å². The Morgan fingerprint density at radius 3 is 2.57 bits per heavy atom. The summed E-state index contributed by atoms with van der Waals surface area (Å²) in [7, 11) is 1.09. The van der Waals surface area contributed by atoms with Crippen LogP contribution in [0.15, 0.2) is 0 Å². The maximum Gasteiger partial charge on any atom is 0.346 e. The minimum Gasteiger partial charge on any atom is -0.467 e. The van der Waals surface area contributed by atoms with Gasteiger partial charge in [0.2, 0.25) is 5.60 Å². The smallest absolute Gasteiger partial charge is 0.346 e. The Bertz CT molecular complexity index is 296. The summed E-state index contributed by atoms with van der Waals surface area (Å²) in [6, 6.07) is 0. The molecule has 0 aromatic heterocycles. The maximum atomic E-state index is 11.4. The average molecular weight is 200 g/mol. The molecule has 2 unspecified atom stereocenters. The molecule has 0 aromatic rings. The lowest BCUT2D eigenvalue weighted by Crippen LogP contribution is -2.56. The molecule has 0 aromatic carbocycles. The third kappa shape index (κ3) is 1.43. The summed E-state index contributed by atoms with van der Waals surface area (Å²) in [5.74, 6) is -2.73. The van der Waals surface area contributed by atoms with Gasteiger partial charge >= 0.3 is 5.97 Å². The van der Waals surface area contributed by atoms with Gasteiger partial charge in [-0.25, -0.2) is 4.79 Å². The van der Waals surface area contributed by atoms with Crippen molar-refractivity contribution >= 4 is 17.5 Å². The predicted octanol–water partition coefficient (Wildman–Crippen LogP) is -0.541. The first-order valence-electron chi connectivity index (χ1n) is 4.28. The Morgan fingerprint density at radius 2 is 2.14 bits per heavy atom. The molecule has 1 saturated carbocycles. The van der Waals surface area contributed by atoms with Crippen molar-refractivity contribution in [2.24, 2.45) is 5.92 Å². The number of ketones is 2.